The number of carbonyl (C=O) groups is 1. The van der Waals surface area contributed by atoms with Crippen molar-refractivity contribution in [2.75, 3.05) is 0 Å². The monoisotopic (exact) mass is 268 g/mol. The third-order valence-electron chi connectivity index (χ3n) is 3.46. The third kappa shape index (κ3) is 1.88. The summed E-state index contributed by atoms with van der Waals surface area (Å²) in [7, 11) is -3.27. The molecule has 0 fully saturated rings. The van der Waals surface area contributed by atoms with E-state index in [2.05, 4.69) is 0 Å². The number of carbonyl (C=O) groups excluding carboxylic acids is 1. The molecule has 0 saturated heterocycles. The maximum absolute atomic E-state index is 12.3. The lowest BCUT2D eigenvalue weighted by atomic mass is 9.78. The van der Waals surface area contributed by atoms with E-state index in [1.54, 1.807) is 24.3 Å². The Labute approximate surface area is 115 Å². The molecule has 1 aliphatic carbocycles. The summed E-state index contributed by atoms with van der Waals surface area (Å²) in [6.07, 6.45) is 0. The van der Waals surface area contributed by atoms with Gasteiger partial charge in [0, 0.05) is 11.1 Å². The van der Waals surface area contributed by atoms with Gasteiger partial charge in [0.05, 0.1) is 0 Å². The second-order valence-corrected chi connectivity index (χ2v) is 4.69. The minimum absolute atomic E-state index is 0.243. The van der Waals surface area contributed by atoms with Crippen LogP contribution in [0, 0.1) is 0 Å². The lowest BCUT2D eigenvalue weighted by molar-refractivity contribution is 0.104. The Balaban J connectivity index is 2.16. The first-order valence-corrected chi connectivity index (χ1v) is 6.04. The maximum Gasteiger partial charge on any atom is 0.488 e. The second kappa shape index (κ2) is 4.57. The molecule has 98 valence electrons. The minimum atomic E-state index is -1.63. The van der Waals surface area contributed by atoms with Crippen LogP contribution in [0.1, 0.15) is 15.9 Å². The molecular formula is C13H10B2O5. The van der Waals surface area contributed by atoms with Crippen molar-refractivity contribution in [1.82, 2.24) is 0 Å². The molecule has 0 aromatic heterocycles. The molecule has 7 heteroatoms. The fraction of sp³-hybridized carbons (Fsp3) is 0. The van der Waals surface area contributed by atoms with Gasteiger partial charge in [0.15, 0.2) is 5.78 Å². The average molecular weight is 268 g/mol. The summed E-state index contributed by atoms with van der Waals surface area (Å²) in [6, 6.07) is 9.28. The molecule has 0 unspecified atom stereocenters. The molecule has 0 bridgehead atoms. The third-order valence-corrected chi connectivity index (χ3v) is 3.46. The molecule has 20 heavy (non-hydrogen) atoms. The highest BCUT2D eigenvalue weighted by Crippen LogP contribution is 2.35. The zero-order valence-corrected chi connectivity index (χ0v) is 10.3. The highest BCUT2D eigenvalue weighted by molar-refractivity contribution is 6.59. The lowest BCUT2D eigenvalue weighted by Crippen LogP contribution is -2.30. The first-order chi connectivity index (χ1) is 9.49. The van der Waals surface area contributed by atoms with Crippen molar-refractivity contribution in [2.24, 2.45) is 0 Å². The van der Waals surface area contributed by atoms with Crippen molar-refractivity contribution < 1.29 is 24.9 Å². The molecule has 0 heterocycles. The van der Waals surface area contributed by atoms with Crippen LogP contribution in [0.3, 0.4) is 0 Å². The molecule has 3 rings (SSSR count). The summed E-state index contributed by atoms with van der Waals surface area (Å²) < 4.78 is 0. The van der Waals surface area contributed by atoms with Gasteiger partial charge in [-0.05, 0) is 22.1 Å². The summed E-state index contributed by atoms with van der Waals surface area (Å²) in [4.78, 5) is 12.3. The van der Waals surface area contributed by atoms with E-state index in [-0.39, 0.29) is 16.7 Å². The molecule has 0 radical (unpaired) electrons. The maximum atomic E-state index is 12.3. The van der Waals surface area contributed by atoms with Crippen molar-refractivity contribution in [3.05, 3.63) is 47.5 Å². The van der Waals surface area contributed by atoms with E-state index in [1.807, 2.05) is 0 Å². The summed E-state index contributed by atoms with van der Waals surface area (Å²) in [6.45, 7) is 0. The van der Waals surface area contributed by atoms with Crippen molar-refractivity contribution >= 4 is 30.9 Å². The molecule has 0 aliphatic heterocycles. The number of hydrogen-bond donors (Lipinski definition) is 4. The summed E-state index contributed by atoms with van der Waals surface area (Å²) in [5, 5.41) is 36.6. The van der Waals surface area contributed by atoms with Crippen LogP contribution in [0.5, 0.6) is 0 Å². The minimum Gasteiger partial charge on any atom is -0.423 e. The highest BCUT2D eigenvalue weighted by atomic mass is 16.4. The van der Waals surface area contributed by atoms with Crippen LogP contribution in [0.15, 0.2) is 36.4 Å². The zero-order valence-electron chi connectivity index (χ0n) is 10.3. The van der Waals surface area contributed by atoms with Crippen LogP contribution in [0.25, 0.3) is 11.1 Å². The highest BCUT2D eigenvalue weighted by Gasteiger charge is 2.29. The van der Waals surface area contributed by atoms with Crippen molar-refractivity contribution in [3.63, 3.8) is 0 Å². The van der Waals surface area contributed by atoms with Crippen LogP contribution in [-0.2, 0) is 0 Å². The molecule has 1 aliphatic rings. The standard InChI is InChI=1S/C13H10B2O5/c16-13-11-5-7(14(17)18)1-3-9(11)10-4-2-8(15(19)20)6-12(10)13/h1-6,17-20H. The SMILES string of the molecule is O=C1c2cc(B(O)O)ccc2-c2ccc(B(O)O)cc21. The van der Waals surface area contributed by atoms with Gasteiger partial charge in [-0.2, -0.15) is 0 Å². The predicted molar refractivity (Wildman–Crippen MR) is 75.0 cm³/mol. The fourth-order valence-corrected chi connectivity index (χ4v) is 2.44. The molecule has 2 aromatic carbocycles. The molecule has 2 aromatic rings. The Hall–Kier alpha value is -1.92. The van der Waals surface area contributed by atoms with E-state index in [0.29, 0.717) is 22.3 Å². The summed E-state index contributed by atoms with van der Waals surface area (Å²) >= 11 is 0. The van der Waals surface area contributed by atoms with Gasteiger partial charge in [-0.25, -0.2) is 0 Å². The first-order valence-electron chi connectivity index (χ1n) is 6.04. The molecule has 0 amide bonds. The van der Waals surface area contributed by atoms with E-state index in [4.69, 9.17) is 20.1 Å². The average Bonchev–Trinajstić information content (AvgIpc) is 2.71. The molecular weight excluding hydrogens is 258 g/mol. The largest absolute Gasteiger partial charge is 0.488 e. The number of ketones is 1. The van der Waals surface area contributed by atoms with Crippen LogP contribution < -0.4 is 10.9 Å². The molecule has 0 saturated carbocycles. The van der Waals surface area contributed by atoms with Gasteiger partial charge in [-0.1, -0.05) is 36.4 Å². The van der Waals surface area contributed by atoms with E-state index in [9.17, 15) is 4.79 Å². The van der Waals surface area contributed by atoms with Gasteiger partial charge in [-0.15, -0.1) is 0 Å². The smallest absolute Gasteiger partial charge is 0.423 e. The van der Waals surface area contributed by atoms with Crippen LogP contribution in [0.4, 0.5) is 0 Å². The number of benzene rings is 2. The number of rotatable bonds is 2. The summed E-state index contributed by atoms with van der Waals surface area (Å²) in [5.41, 5.74) is 2.66. The second-order valence-electron chi connectivity index (χ2n) is 4.69. The Morgan fingerprint density at radius 2 is 1.05 bits per heavy atom. The number of hydrogen-bond acceptors (Lipinski definition) is 5. The van der Waals surface area contributed by atoms with Crippen molar-refractivity contribution in [3.8, 4) is 11.1 Å². The van der Waals surface area contributed by atoms with Gasteiger partial charge in [0.1, 0.15) is 0 Å². The quantitative estimate of drug-likeness (QED) is 0.413. The van der Waals surface area contributed by atoms with Gasteiger partial charge in [0.25, 0.3) is 0 Å². The first kappa shape index (κ1) is 13.1. The molecule has 0 atom stereocenters. The van der Waals surface area contributed by atoms with E-state index in [1.165, 1.54) is 12.1 Å². The predicted octanol–water partition coefficient (Wildman–Crippen LogP) is -1.74. The van der Waals surface area contributed by atoms with Crippen LogP contribution in [0.2, 0.25) is 0 Å². The van der Waals surface area contributed by atoms with Gasteiger partial charge in [0.2, 0.25) is 0 Å². The van der Waals surface area contributed by atoms with E-state index in [0.717, 1.165) is 0 Å². The van der Waals surface area contributed by atoms with E-state index < -0.39 is 14.2 Å². The van der Waals surface area contributed by atoms with Crippen LogP contribution in [-0.4, -0.2) is 40.1 Å². The van der Waals surface area contributed by atoms with Crippen molar-refractivity contribution in [2.45, 2.75) is 0 Å². The zero-order chi connectivity index (χ0) is 14.4. The van der Waals surface area contributed by atoms with Gasteiger partial charge >= 0.3 is 14.2 Å². The molecule has 0 spiro atoms. The number of fused-ring (bicyclic) bond motifs is 3. The van der Waals surface area contributed by atoms with Crippen LogP contribution >= 0.6 is 0 Å². The molecule has 5 nitrogen and oxygen atoms in total. The normalized spacial score (nSPS) is 12.1. The topological polar surface area (TPSA) is 98.0 Å². The van der Waals surface area contributed by atoms with Gasteiger partial charge < -0.3 is 20.1 Å². The van der Waals surface area contributed by atoms with Crippen molar-refractivity contribution in [1.29, 1.82) is 0 Å². The Kier molecular flexibility index (Phi) is 2.99. The Morgan fingerprint density at radius 3 is 1.40 bits per heavy atom. The lowest BCUT2D eigenvalue weighted by Gasteiger charge is -2.04. The van der Waals surface area contributed by atoms with Gasteiger partial charge in [-0.3, -0.25) is 4.79 Å². The Bertz CT molecular complexity index is 652. The molecule has 4 N–H and O–H groups in total. The fourth-order valence-electron chi connectivity index (χ4n) is 2.44. The summed E-state index contributed by atoms with van der Waals surface area (Å²) in [5.74, 6) is -0.264. The Morgan fingerprint density at radius 1 is 0.650 bits per heavy atom. The van der Waals surface area contributed by atoms with E-state index >= 15 is 0 Å².